The van der Waals surface area contributed by atoms with Crippen molar-refractivity contribution in [3.63, 3.8) is 0 Å². The predicted octanol–water partition coefficient (Wildman–Crippen LogP) is 4.84. The summed E-state index contributed by atoms with van der Waals surface area (Å²) in [5.41, 5.74) is 4.89. The van der Waals surface area contributed by atoms with E-state index in [-0.39, 0.29) is 0 Å². The number of nitrogens with zero attached hydrogens (tertiary/aromatic N) is 3. The maximum atomic E-state index is 5.62. The molecule has 0 N–H and O–H groups in total. The second-order valence-electron chi connectivity index (χ2n) is 7.25. The Morgan fingerprint density at radius 1 is 1.00 bits per heavy atom. The Labute approximate surface area is 171 Å². The van der Waals surface area contributed by atoms with E-state index >= 15 is 0 Å². The minimum Gasteiger partial charge on any atom is -0.495 e. The molecule has 146 valence electrons. The summed E-state index contributed by atoms with van der Waals surface area (Å²) in [5, 5.41) is 3.31. The SMILES string of the molecule is COc1cccc(C)c1N1CCCN(Cc2csc(-c3ccccc3)n2)CC1. The van der Waals surface area contributed by atoms with Crippen molar-refractivity contribution in [3.8, 4) is 16.3 Å². The molecular formula is C23H27N3OS. The largest absolute Gasteiger partial charge is 0.495 e. The summed E-state index contributed by atoms with van der Waals surface area (Å²) in [5.74, 6) is 0.973. The second kappa shape index (κ2) is 8.76. The van der Waals surface area contributed by atoms with Gasteiger partial charge in [0.1, 0.15) is 10.8 Å². The van der Waals surface area contributed by atoms with Gasteiger partial charge in [-0.1, -0.05) is 42.5 Å². The predicted molar refractivity (Wildman–Crippen MR) is 117 cm³/mol. The summed E-state index contributed by atoms with van der Waals surface area (Å²) in [6.07, 6.45) is 1.15. The number of anilines is 1. The number of hydrogen-bond acceptors (Lipinski definition) is 5. The van der Waals surface area contributed by atoms with Gasteiger partial charge in [0.25, 0.3) is 0 Å². The third kappa shape index (κ3) is 4.21. The average Bonchev–Trinajstić information content (AvgIpc) is 3.07. The van der Waals surface area contributed by atoms with Crippen LogP contribution in [0.25, 0.3) is 10.6 Å². The van der Waals surface area contributed by atoms with Crippen LogP contribution in [0.4, 0.5) is 5.69 Å². The van der Waals surface area contributed by atoms with Crippen LogP contribution in [0.5, 0.6) is 5.75 Å². The van der Waals surface area contributed by atoms with E-state index in [0.717, 1.165) is 49.9 Å². The molecule has 0 bridgehead atoms. The molecule has 0 aliphatic carbocycles. The monoisotopic (exact) mass is 393 g/mol. The Morgan fingerprint density at radius 2 is 1.86 bits per heavy atom. The molecule has 1 aromatic heterocycles. The van der Waals surface area contributed by atoms with E-state index in [1.807, 2.05) is 6.07 Å². The molecule has 0 radical (unpaired) electrons. The Kier molecular flexibility index (Phi) is 5.93. The fourth-order valence-electron chi connectivity index (χ4n) is 3.88. The Morgan fingerprint density at radius 3 is 2.68 bits per heavy atom. The molecule has 4 rings (SSSR count). The number of thiazole rings is 1. The first kappa shape index (κ1) is 19.0. The number of aromatic nitrogens is 1. The molecule has 2 aromatic carbocycles. The first-order valence-electron chi connectivity index (χ1n) is 9.85. The normalized spacial score (nSPS) is 15.4. The first-order valence-corrected chi connectivity index (χ1v) is 10.7. The summed E-state index contributed by atoms with van der Waals surface area (Å²) >= 11 is 1.74. The molecule has 1 fully saturated rings. The van der Waals surface area contributed by atoms with E-state index in [9.17, 15) is 0 Å². The second-order valence-corrected chi connectivity index (χ2v) is 8.11. The van der Waals surface area contributed by atoms with Crippen molar-refractivity contribution >= 4 is 17.0 Å². The third-order valence-corrected chi connectivity index (χ3v) is 6.22. The Hall–Kier alpha value is -2.37. The van der Waals surface area contributed by atoms with Gasteiger partial charge >= 0.3 is 0 Å². The van der Waals surface area contributed by atoms with E-state index in [1.165, 1.54) is 22.5 Å². The van der Waals surface area contributed by atoms with Gasteiger partial charge < -0.3 is 9.64 Å². The van der Waals surface area contributed by atoms with Crippen molar-refractivity contribution in [1.82, 2.24) is 9.88 Å². The number of rotatable bonds is 5. The summed E-state index contributed by atoms with van der Waals surface area (Å²) in [7, 11) is 1.76. The standard InChI is InChI=1S/C23H27N3OS/c1-18-8-6-11-21(27-2)22(18)26-13-7-12-25(14-15-26)16-20-17-28-23(24-20)19-9-4-3-5-10-19/h3-6,8-11,17H,7,12-16H2,1-2H3. The molecule has 28 heavy (non-hydrogen) atoms. The topological polar surface area (TPSA) is 28.6 Å². The van der Waals surface area contributed by atoms with Crippen molar-refractivity contribution in [2.24, 2.45) is 0 Å². The molecule has 1 saturated heterocycles. The smallest absolute Gasteiger partial charge is 0.142 e. The molecule has 0 spiro atoms. The maximum absolute atomic E-state index is 5.62. The van der Waals surface area contributed by atoms with Gasteiger partial charge in [0.15, 0.2) is 0 Å². The van der Waals surface area contributed by atoms with Crippen molar-refractivity contribution in [2.75, 3.05) is 38.2 Å². The minimum atomic E-state index is 0.919. The van der Waals surface area contributed by atoms with Gasteiger partial charge in [-0.25, -0.2) is 4.98 Å². The summed E-state index contributed by atoms with van der Waals surface area (Å²) < 4.78 is 5.62. The number of para-hydroxylation sites is 1. The van der Waals surface area contributed by atoms with Crippen molar-refractivity contribution < 1.29 is 4.74 Å². The van der Waals surface area contributed by atoms with Crippen LogP contribution in [0.2, 0.25) is 0 Å². The van der Waals surface area contributed by atoms with Gasteiger partial charge in [0.05, 0.1) is 18.5 Å². The molecule has 1 aliphatic rings. The average molecular weight is 394 g/mol. The van der Waals surface area contributed by atoms with Gasteiger partial charge in [-0.2, -0.15) is 0 Å². The summed E-state index contributed by atoms with van der Waals surface area (Å²) in [6.45, 7) is 7.29. The van der Waals surface area contributed by atoms with Gasteiger partial charge in [0, 0.05) is 43.7 Å². The van der Waals surface area contributed by atoms with Gasteiger partial charge in [-0.3, -0.25) is 4.90 Å². The maximum Gasteiger partial charge on any atom is 0.142 e. The lowest BCUT2D eigenvalue weighted by atomic mass is 10.1. The van der Waals surface area contributed by atoms with E-state index in [1.54, 1.807) is 18.4 Å². The number of methoxy groups -OCH3 is 1. The van der Waals surface area contributed by atoms with Crippen LogP contribution in [0.1, 0.15) is 17.7 Å². The fourth-order valence-corrected chi connectivity index (χ4v) is 4.69. The van der Waals surface area contributed by atoms with Crippen LogP contribution < -0.4 is 9.64 Å². The lowest BCUT2D eigenvalue weighted by Crippen LogP contribution is -2.31. The lowest BCUT2D eigenvalue weighted by molar-refractivity contribution is 0.282. The van der Waals surface area contributed by atoms with Crippen molar-refractivity contribution in [2.45, 2.75) is 19.9 Å². The molecule has 1 aliphatic heterocycles. The summed E-state index contributed by atoms with van der Waals surface area (Å²) in [4.78, 5) is 9.87. The zero-order valence-electron chi connectivity index (χ0n) is 16.6. The molecule has 0 amide bonds. The van der Waals surface area contributed by atoms with E-state index in [2.05, 4.69) is 64.6 Å². The van der Waals surface area contributed by atoms with Gasteiger partial charge in [-0.05, 0) is 25.0 Å². The number of hydrogen-bond donors (Lipinski definition) is 0. The molecule has 2 heterocycles. The minimum absolute atomic E-state index is 0.919. The van der Waals surface area contributed by atoms with Crippen molar-refractivity contribution in [3.05, 3.63) is 65.2 Å². The van der Waals surface area contributed by atoms with Gasteiger partial charge in [-0.15, -0.1) is 11.3 Å². The number of aryl methyl sites for hydroxylation is 1. The molecule has 4 nitrogen and oxygen atoms in total. The van der Waals surface area contributed by atoms with Crippen LogP contribution in [-0.2, 0) is 6.54 Å². The highest BCUT2D eigenvalue weighted by atomic mass is 32.1. The zero-order valence-corrected chi connectivity index (χ0v) is 17.4. The van der Waals surface area contributed by atoms with E-state index < -0.39 is 0 Å². The van der Waals surface area contributed by atoms with Gasteiger partial charge in [0.2, 0.25) is 0 Å². The van der Waals surface area contributed by atoms with E-state index in [4.69, 9.17) is 9.72 Å². The molecule has 3 aromatic rings. The lowest BCUT2D eigenvalue weighted by Gasteiger charge is -2.27. The number of benzene rings is 2. The zero-order chi connectivity index (χ0) is 19.3. The molecule has 0 saturated carbocycles. The fraction of sp³-hybridized carbons (Fsp3) is 0.348. The first-order chi connectivity index (χ1) is 13.7. The molecule has 0 atom stereocenters. The molecule has 0 unspecified atom stereocenters. The summed E-state index contributed by atoms with van der Waals surface area (Å²) in [6, 6.07) is 16.7. The highest BCUT2D eigenvalue weighted by Gasteiger charge is 2.20. The number of ether oxygens (including phenoxy) is 1. The van der Waals surface area contributed by atoms with Crippen molar-refractivity contribution in [1.29, 1.82) is 0 Å². The van der Waals surface area contributed by atoms with Crippen LogP contribution in [0.15, 0.2) is 53.9 Å². The third-order valence-electron chi connectivity index (χ3n) is 5.28. The highest BCUT2D eigenvalue weighted by molar-refractivity contribution is 7.13. The van der Waals surface area contributed by atoms with E-state index in [0.29, 0.717) is 0 Å². The van der Waals surface area contributed by atoms with Crippen LogP contribution >= 0.6 is 11.3 Å². The Bertz CT molecular complexity index is 909. The highest BCUT2D eigenvalue weighted by Crippen LogP contribution is 2.32. The molecule has 5 heteroatoms. The van der Waals surface area contributed by atoms with Crippen LogP contribution in [0.3, 0.4) is 0 Å². The van der Waals surface area contributed by atoms with Crippen LogP contribution in [0, 0.1) is 6.92 Å². The Balaban J connectivity index is 1.42. The quantitative estimate of drug-likeness (QED) is 0.620. The van der Waals surface area contributed by atoms with Crippen LogP contribution in [-0.4, -0.2) is 43.2 Å². The molecular weight excluding hydrogens is 366 g/mol.